The van der Waals surface area contributed by atoms with E-state index in [1.54, 1.807) is 0 Å². The van der Waals surface area contributed by atoms with Crippen LogP contribution in [0.5, 0.6) is 11.5 Å². The Morgan fingerprint density at radius 3 is 1.50 bits per heavy atom. The fraction of sp³-hybridized carbons (Fsp3) is 0. The van der Waals surface area contributed by atoms with Crippen LogP contribution in [-0.2, 0) is 0 Å². The first-order valence-electron chi connectivity index (χ1n) is 15.8. The van der Waals surface area contributed by atoms with Gasteiger partial charge < -0.3 is 14.7 Å². The molecule has 48 heavy (non-hydrogen) atoms. The van der Waals surface area contributed by atoms with E-state index in [0.717, 1.165) is 88.1 Å². The fourth-order valence-electron chi connectivity index (χ4n) is 6.42. The van der Waals surface area contributed by atoms with Crippen LogP contribution in [0.25, 0.3) is 79.4 Å². The Labute approximate surface area is 285 Å². The Kier molecular flexibility index (Phi) is 6.87. The number of aromatic nitrogens is 4. The summed E-state index contributed by atoms with van der Waals surface area (Å²) >= 11 is 3.84. The lowest BCUT2D eigenvalue weighted by Gasteiger charge is -2.08. The van der Waals surface area contributed by atoms with E-state index in [-0.39, 0.29) is 0 Å². The quantitative estimate of drug-likeness (QED) is 0.194. The molecule has 0 amide bonds. The summed E-state index contributed by atoms with van der Waals surface area (Å²) in [5.41, 5.74) is 11.0. The van der Waals surface area contributed by atoms with Crippen LogP contribution in [0.2, 0.25) is 0 Å². The zero-order valence-corrected chi connectivity index (χ0v) is 27.2. The Morgan fingerprint density at radius 2 is 0.938 bits per heavy atom. The molecular weight excluding hydrogens is 656 g/mol. The van der Waals surface area contributed by atoms with Crippen molar-refractivity contribution < 1.29 is 4.74 Å². The minimum Gasteiger partial charge on any atom is -0.453 e. The third kappa shape index (κ3) is 5.03. The average Bonchev–Trinajstić information content (AvgIpc) is 3.97. The van der Waals surface area contributed by atoms with Gasteiger partial charge >= 0.3 is 0 Å². The van der Waals surface area contributed by atoms with Gasteiger partial charge in [0.15, 0.2) is 5.75 Å². The monoisotopic (exact) mass is 682 g/mol. The van der Waals surface area contributed by atoms with Gasteiger partial charge in [-0.05, 0) is 98.5 Å². The summed E-state index contributed by atoms with van der Waals surface area (Å²) in [5.74, 6) is 1.42. The smallest absolute Gasteiger partial charge is 0.174 e. The van der Waals surface area contributed by atoms with Gasteiger partial charge in [0.05, 0.1) is 38.3 Å². The predicted molar refractivity (Wildman–Crippen MR) is 201 cm³/mol. The van der Waals surface area contributed by atoms with Gasteiger partial charge in [-0.25, -0.2) is 9.97 Å². The molecule has 0 atom stereocenters. The molecule has 0 saturated heterocycles. The van der Waals surface area contributed by atoms with Crippen LogP contribution in [0.15, 0.2) is 132 Å². The van der Waals surface area contributed by atoms with Gasteiger partial charge in [-0.1, -0.05) is 91.0 Å². The number of nitrogens with zero attached hydrogens (tertiary/aromatic N) is 2. The molecule has 2 aliphatic rings. The van der Waals surface area contributed by atoms with Crippen LogP contribution in [0.4, 0.5) is 0 Å². The summed E-state index contributed by atoms with van der Waals surface area (Å²) in [7, 11) is 0. The maximum atomic E-state index is 6.81. The second kappa shape index (κ2) is 11.7. The van der Waals surface area contributed by atoms with Gasteiger partial charge in [-0.3, -0.25) is 0 Å². The molecule has 0 unspecified atom stereocenters. The SMILES string of the molecule is Brc1c2nc(c(-c3ccccc3)c3ccc([nH]3)c(Oc3ccc4ccccc4c3)c3ccc([nH]3)c(-c3ccccc3)c3nc1C=C3)C=C2. The number of rotatable bonds is 4. The van der Waals surface area contributed by atoms with Crippen LogP contribution in [-0.4, -0.2) is 19.9 Å². The van der Waals surface area contributed by atoms with E-state index >= 15 is 0 Å². The van der Waals surface area contributed by atoms with E-state index in [9.17, 15) is 0 Å². The van der Waals surface area contributed by atoms with E-state index < -0.39 is 0 Å². The molecule has 0 fully saturated rings. The Bertz CT molecular complexity index is 2460. The highest BCUT2D eigenvalue weighted by atomic mass is 79.9. The zero-order valence-electron chi connectivity index (χ0n) is 25.6. The van der Waals surface area contributed by atoms with Gasteiger partial charge in [-0.2, -0.15) is 0 Å². The lowest BCUT2D eigenvalue weighted by atomic mass is 10.0. The van der Waals surface area contributed by atoms with Crippen LogP contribution >= 0.6 is 15.9 Å². The molecular formula is C42H27BrN4O. The Balaban J connectivity index is 1.39. The average molecular weight is 684 g/mol. The van der Waals surface area contributed by atoms with Gasteiger partial charge in [0.1, 0.15) is 5.75 Å². The number of fused-ring (bicyclic) bond motifs is 9. The number of nitrogens with one attached hydrogen (secondary N) is 2. The van der Waals surface area contributed by atoms with Crippen molar-refractivity contribution in [2.45, 2.75) is 0 Å². The van der Waals surface area contributed by atoms with Gasteiger partial charge in [0.2, 0.25) is 0 Å². The van der Waals surface area contributed by atoms with Crippen LogP contribution < -0.4 is 4.74 Å². The van der Waals surface area contributed by atoms with Crippen molar-refractivity contribution in [2.24, 2.45) is 0 Å². The van der Waals surface area contributed by atoms with Gasteiger partial charge in [0, 0.05) is 22.2 Å². The van der Waals surface area contributed by atoms with Crippen molar-refractivity contribution in [3.05, 3.63) is 155 Å². The molecule has 3 aromatic heterocycles. The summed E-state index contributed by atoms with van der Waals surface area (Å²) in [5, 5.41) is 2.27. The third-order valence-electron chi connectivity index (χ3n) is 8.71. The number of H-pyrrole nitrogens is 2. The lowest BCUT2D eigenvalue weighted by Crippen LogP contribution is -1.89. The fourth-order valence-corrected chi connectivity index (χ4v) is 6.86. The number of hydrogen-bond donors (Lipinski definition) is 2. The molecule has 9 rings (SSSR count). The molecule has 5 nitrogen and oxygen atoms in total. The van der Waals surface area contributed by atoms with E-state index in [4.69, 9.17) is 14.7 Å². The van der Waals surface area contributed by atoms with Crippen molar-refractivity contribution >= 4 is 73.1 Å². The Hall–Kier alpha value is -5.98. The molecule has 228 valence electrons. The molecule has 2 aliphatic heterocycles. The maximum absolute atomic E-state index is 6.81. The number of aromatic amines is 2. The highest BCUT2D eigenvalue weighted by Gasteiger charge is 2.17. The molecule has 0 radical (unpaired) electrons. The van der Waals surface area contributed by atoms with E-state index in [2.05, 4.69) is 111 Å². The van der Waals surface area contributed by atoms with Crippen LogP contribution in [0, 0.1) is 0 Å². The van der Waals surface area contributed by atoms with E-state index in [0.29, 0.717) is 5.75 Å². The van der Waals surface area contributed by atoms with Crippen molar-refractivity contribution in [1.29, 1.82) is 0 Å². The first kappa shape index (κ1) is 28.3. The van der Waals surface area contributed by atoms with Crippen LogP contribution in [0.1, 0.15) is 22.8 Å². The van der Waals surface area contributed by atoms with Gasteiger partial charge in [-0.15, -0.1) is 0 Å². The summed E-state index contributed by atoms with van der Waals surface area (Å²) < 4.78 is 7.65. The lowest BCUT2D eigenvalue weighted by molar-refractivity contribution is 0.492. The molecule has 0 spiro atoms. The molecule has 0 aliphatic carbocycles. The van der Waals surface area contributed by atoms with Crippen molar-refractivity contribution in [3.63, 3.8) is 0 Å². The molecule has 6 heteroatoms. The van der Waals surface area contributed by atoms with Crippen molar-refractivity contribution in [2.75, 3.05) is 0 Å². The summed E-state index contributed by atoms with van der Waals surface area (Å²) in [6, 6.07) is 43.5. The minimum atomic E-state index is 0.679. The van der Waals surface area contributed by atoms with E-state index in [1.807, 2.05) is 66.7 Å². The second-order valence-electron chi connectivity index (χ2n) is 11.7. The predicted octanol–water partition coefficient (Wildman–Crippen LogP) is 11.7. The van der Waals surface area contributed by atoms with Gasteiger partial charge in [0.25, 0.3) is 0 Å². The summed E-state index contributed by atoms with van der Waals surface area (Å²) in [6.07, 6.45) is 8.21. The van der Waals surface area contributed by atoms with E-state index in [1.165, 1.54) is 0 Å². The Morgan fingerprint density at radius 1 is 0.458 bits per heavy atom. The topological polar surface area (TPSA) is 66.6 Å². The molecule has 7 aromatic rings. The molecule has 4 aromatic carbocycles. The summed E-state index contributed by atoms with van der Waals surface area (Å²) in [6.45, 7) is 0. The number of hydrogen-bond acceptors (Lipinski definition) is 3. The minimum absolute atomic E-state index is 0.679. The molecule has 0 saturated carbocycles. The second-order valence-corrected chi connectivity index (χ2v) is 12.5. The number of halogens is 1. The summed E-state index contributed by atoms with van der Waals surface area (Å²) in [4.78, 5) is 17.7. The first-order chi connectivity index (χ1) is 23.7. The molecule has 8 bridgehead atoms. The highest BCUT2D eigenvalue weighted by Crippen LogP contribution is 2.38. The largest absolute Gasteiger partial charge is 0.453 e. The number of benzene rings is 4. The standard InChI is InChI=1S/C42H27BrN4O/c43-41-35-21-17-31(44-35)39(27-10-3-1-4-11-27)33-19-23-37(46-33)42(48-30-16-15-26-9-7-8-14-29(26)25-30)38-24-20-34(47-38)40(28-12-5-2-6-13-28)32-18-22-36(41)45-32/h1-25,46-47H. The highest BCUT2D eigenvalue weighted by molar-refractivity contribution is 9.10. The zero-order chi connectivity index (χ0) is 32.0. The normalized spacial score (nSPS) is 12.1. The first-order valence-corrected chi connectivity index (χ1v) is 16.6. The van der Waals surface area contributed by atoms with Crippen molar-refractivity contribution in [3.8, 4) is 33.8 Å². The molecule has 5 heterocycles. The number of ether oxygens (including phenoxy) is 1. The third-order valence-corrected chi connectivity index (χ3v) is 9.52. The molecule has 2 N–H and O–H groups in total. The van der Waals surface area contributed by atoms with Crippen molar-refractivity contribution in [1.82, 2.24) is 19.9 Å². The van der Waals surface area contributed by atoms with Crippen LogP contribution in [0.3, 0.4) is 0 Å². The maximum Gasteiger partial charge on any atom is 0.174 e.